The first-order chi connectivity index (χ1) is 16.1. The molecular weight excluding hydrogens is 432 g/mol. The average Bonchev–Trinajstić information content (AvgIpc) is 3.43. The smallest absolute Gasteiger partial charge is 0.336 e. The van der Waals surface area contributed by atoms with Crippen molar-refractivity contribution < 1.29 is 29.3 Å². The third-order valence-electron chi connectivity index (χ3n) is 11.9. The van der Waals surface area contributed by atoms with Crippen molar-refractivity contribution in [3.63, 3.8) is 0 Å². The van der Waals surface area contributed by atoms with Gasteiger partial charge < -0.3 is 19.7 Å². The van der Waals surface area contributed by atoms with Crippen LogP contribution in [0.15, 0.2) is 11.1 Å². The van der Waals surface area contributed by atoms with Crippen LogP contribution in [-0.2, 0) is 19.1 Å². The molecule has 0 aromatic heterocycles. The first-order valence-electron chi connectivity index (χ1n) is 13.5. The van der Waals surface area contributed by atoms with Gasteiger partial charge in [0.25, 0.3) is 0 Å². The fourth-order valence-electron chi connectivity index (χ4n) is 10.1. The summed E-state index contributed by atoms with van der Waals surface area (Å²) in [6.07, 6.45) is 6.38. The van der Waals surface area contributed by atoms with Gasteiger partial charge in [-0.2, -0.15) is 0 Å². The van der Waals surface area contributed by atoms with E-state index >= 15 is 0 Å². The number of carbonyl (C=O) groups excluding carboxylic acids is 2. The van der Waals surface area contributed by atoms with Crippen LogP contribution < -0.4 is 0 Å². The van der Waals surface area contributed by atoms with Gasteiger partial charge in [-0.25, -0.2) is 4.79 Å². The Morgan fingerprint density at radius 3 is 2.59 bits per heavy atom. The molecule has 1 spiro atoms. The van der Waals surface area contributed by atoms with E-state index in [0.29, 0.717) is 48.4 Å². The van der Waals surface area contributed by atoms with E-state index in [2.05, 4.69) is 20.8 Å². The molecule has 0 aromatic rings. The number of rotatable bonds is 3. The SMILES string of the molecule is CC1=C(CO)C(=O)O[C@@H]([C@@H](C)[C@H]2CC[C@H]3[C@@H]4C[C@H]5O[C@]56[C@@H](O)CCC(=O)[C@]6(C)[C@H]4CC[C@@]23C)C1. The predicted octanol–water partition coefficient (Wildman–Crippen LogP) is 3.58. The van der Waals surface area contributed by atoms with Gasteiger partial charge in [-0.05, 0) is 87.4 Å². The minimum atomic E-state index is -0.632. The summed E-state index contributed by atoms with van der Waals surface area (Å²) in [5, 5.41) is 20.4. The number of esters is 1. The molecule has 188 valence electrons. The highest BCUT2D eigenvalue weighted by atomic mass is 16.6. The lowest BCUT2D eigenvalue weighted by atomic mass is 9.43. The maximum absolute atomic E-state index is 13.4. The van der Waals surface area contributed by atoms with Gasteiger partial charge in [-0.1, -0.05) is 19.4 Å². The van der Waals surface area contributed by atoms with Crippen molar-refractivity contribution in [2.45, 2.75) is 103 Å². The first kappa shape index (κ1) is 23.2. The van der Waals surface area contributed by atoms with Gasteiger partial charge in [0, 0.05) is 12.8 Å². The van der Waals surface area contributed by atoms with Gasteiger partial charge >= 0.3 is 5.97 Å². The molecule has 4 aliphatic carbocycles. The van der Waals surface area contributed by atoms with E-state index in [0.717, 1.165) is 37.7 Å². The summed E-state index contributed by atoms with van der Waals surface area (Å²) in [4.78, 5) is 25.9. The highest BCUT2D eigenvalue weighted by Crippen LogP contribution is 2.73. The molecular formula is C28H40O6. The molecule has 0 radical (unpaired) electrons. The van der Waals surface area contributed by atoms with Crippen LogP contribution in [0.5, 0.6) is 0 Å². The van der Waals surface area contributed by atoms with Gasteiger partial charge in [0.2, 0.25) is 0 Å². The van der Waals surface area contributed by atoms with E-state index in [1.807, 2.05) is 6.92 Å². The average molecular weight is 473 g/mol. The number of carbonyl (C=O) groups is 2. The van der Waals surface area contributed by atoms with Crippen molar-refractivity contribution in [1.82, 2.24) is 0 Å². The Kier molecular flexibility index (Phi) is 5.04. The summed E-state index contributed by atoms with van der Waals surface area (Å²) < 4.78 is 12.1. The van der Waals surface area contributed by atoms with Gasteiger partial charge in [0.15, 0.2) is 0 Å². The Hall–Kier alpha value is -1.24. The Bertz CT molecular complexity index is 957. The van der Waals surface area contributed by atoms with Crippen molar-refractivity contribution >= 4 is 11.8 Å². The predicted molar refractivity (Wildman–Crippen MR) is 125 cm³/mol. The number of cyclic esters (lactones) is 1. The second kappa shape index (κ2) is 7.39. The number of hydrogen-bond donors (Lipinski definition) is 2. The summed E-state index contributed by atoms with van der Waals surface area (Å²) in [5.41, 5.74) is 0.333. The van der Waals surface area contributed by atoms with Crippen LogP contribution in [-0.4, -0.2) is 52.5 Å². The lowest BCUT2D eigenvalue weighted by Crippen LogP contribution is -2.64. The molecule has 6 nitrogen and oxygen atoms in total. The van der Waals surface area contributed by atoms with Crippen LogP contribution in [0.1, 0.15) is 79.1 Å². The molecule has 0 unspecified atom stereocenters. The van der Waals surface area contributed by atoms with Crippen LogP contribution in [0, 0.1) is 40.4 Å². The highest BCUT2D eigenvalue weighted by Gasteiger charge is 2.80. The second-order valence-electron chi connectivity index (χ2n) is 12.8. The minimum absolute atomic E-state index is 0.0146. The molecule has 0 aromatic carbocycles. The zero-order valence-corrected chi connectivity index (χ0v) is 21.0. The van der Waals surface area contributed by atoms with Gasteiger partial charge in [0.1, 0.15) is 17.5 Å². The molecule has 34 heavy (non-hydrogen) atoms. The van der Waals surface area contributed by atoms with E-state index in [-0.39, 0.29) is 42.0 Å². The first-order valence-corrected chi connectivity index (χ1v) is 13.5. The summed E-state index contributed by atoms with van der Waals surface area (Å²) in [7, 11) is 0. The van der Waals surface area contributed by atoms with E-state index in [1.54, 1.807) is 0 Å². The number of epoxide rings is 1. The summed E-state index contributed by atoms with van der Waals surface area (Å²) >= 11 is 0. The number of fused-ring (bicyclic) bond motifs is 4. The Morgan fingerprint density at radius 2 is 1.88 bits per heavy atom. The molecule has 6 rings (SSSR count). The molecule has 1 saturated heterocycles. The number of Topliss-reactive ketones (excluding diaryl/α,β-unsaturated/α-hetero) is 1. The molecule has 4 saturated carbocycles. The third kappa shape index (κ3) is 2.68. The van der Waals surface area contributed by atoms with Crippen molar-refractivity contribution in [1.29, 1.82) is 0 Å². The molecule has 11 atom stereocenters. The number of aliphatic hydroxyl groups is 2. The molecule has 6 aliphatic rings. The zero-order valence-electron chi connectivity index (χ0n) is 21.0. The normalized spacial score (nSPS) is 52.8. The Balaban J connectivity index is 1.26. The largest absolute Gasteiger partial charge is 0.458 e. The van der Waals surface area contributed by atoms with Crippen LogP contribution in [0.25, 0.3) is 0 Å². The quantitative estimate of drug-likeness (QED) is 0.482. The van der Waals surface area contributed by atoms with E-state index in [4.69, 9.17) is 9.47 Å². The van der Waals surface area contributed by atoms with Gasteiger partial charge in [-0.3, -0.25) is 4.79 Å². The lowest BCUT2D eigenvalue weighted by Gasteiger charge is -2.59. The molecule has 2 aliphatic heterocycles. The summed E-state index contributed by atoms with van der Waals surface area (Å²) in [5.74, 6) is 1.93. The number of hydrogen-bond acceptors (Lipinski definition) is 6. The van der Waals surface area contributed by atoms with Crippen molar-refractivity contribution in [2.75, 3.05) is 6.61 Å². The van der Waals surface area contributed by atoms with Gasteiger partial charge in [-0.15, -0.1) is 0 Å². The van der Waals surface area contributed by atoms with E-state index < -0.39 is 17.1 Å². The maximum atomic E-state index is 13.4. The van der Waals surface area contributed by atoms with E-state index in [1.165, 1.54) is 0 Å². The van der Waals surface area contributed by atoms with Crippen molar-refractivity contribution in [3.05, 3.63) is 11.1 Å². The molecule has 2 N–H and O–H groups in total. The molecule has 2 heterocycles. The maximum Gasteiger partial charge on any atom is 0.336 e. The third-order valence-corrected chi connectivity index (χ3v) is 11.9. The van der Waals surface area contributed by atoms with Crippen molar-refractivity contribution in [3.8, 4) is 0 Å². The molecule has 6 heteroatoms. The Labute approximate surface area is 202 Å². The fourth-order valence-corrected chi connectivity index (χ4v) is 10.1. The Morgan fingerprint density at radius 1 is 1.12 bits per heavy atom. The number of ketones is 1. The molecule has 0 bridgehead atoms. The monoisotopic (exact) mass is 472 g/mol. The summed E-state index contributed by atoms with van der Waals surface area (Å²) in [6.45, 7) is 8.49. The molecule has 0 amide bonds. The van der Waals surface area contributed by atoms with Crippen LogP contribution >= 0.6 is 0 Å². The minimum Gasteiger partial charge on any atom is -0.458 e. The lowest BCUT2D eigenvalue weighted by molar-refractivity contribution is -0.166. The van der Waals surface area contributed by atoms with Crippen molar-refractivity contribution in [2.24, 2.45) is 40.4 Å². The van der Waals surface area contributed by atoms with Crippen LogP contribution in [0.4, 0.5) is 0 Å². The number of aliphatic hydroxyl groups excluding tert-OH is 2. The van der Waals surface area contributed by atoms with Crippen LogP contribution in [0.2, 0.25) is 0 Å². The van der Waals surface area contributed by atoms with E-state index in [9.17, 15) is 19.8 Å². The zero-order chi connectivity index (χ0) is 24.2. The summed E-state index contributed by atoms with van der Waals surface area (Å²) in [6, 6.07) is 0. The highest BCUT2D eigenvalue weighted by molar-refractivity contribution is 5.90. The van der Waals surface area contributed by atoms with Gasteiger partial charge in [0.05, 0.1) is 29.8 Å². The fraction of sp³-hybridized carbons (Fsp3) is 0.857. The second-order valence-corrected chi connectivity index (χ2v) is 12.8. The molecule has 5 fully saturated rings. The number of ether oxygens (including phenoxy) is 2. The standard InChI is InChI=1S/C28H40O6/c1-14-11-21(33-25(32)17(14)13-29)15(2)18-5-6-19-16-12-24-28(34-24)23(31)8-7-22(30)27(28,4)20(16)9-10-26(18,19)3/h15-16,18-21,23-24,29,31H,5-13H2,1-4H3/t15-,16-,18+,19-,20-,21+,23-,24+,26-,27-,28+/m0/s1. The van der Waals surface area contributed by atoms with Crippen LogP contribution in [0.3, 0.4) is 0 Å². The topological polar surface area (TPSA) is 96.4 Å².